The summed E-state index contributed by atoms with van der Waals surface area (Å²) in [6.07, 6.45) is 3.32. The van der Waals surface area contributed by atoms with Crippen LogP contribution < -0.4 is 10.2 Å². The molecule has 0 spiro atoms. The Balaban J connectivity index is 2.97. The summed E-state index contributed by atoms with van der Waals surface area (Å²) >= 11 is 12.4. The third kappa shape index (κ3) is 4.73. The first kappa shape index (κ1) is 16.4. The number of halogens is 2. The number of rotatable bonds is 8. The topological polar surface area (TPSA) is 28.2 Å². The maximum Gasteiger partial charge on any atom is 0.149 e. The summed E-state index contributed by atoms with van der Waals surface area (Å²) in [4.78, 5) is 6.78. The molecule has 1 aromatic rings. The fourth-order valence-corrected chi connectivity index (χ4v) is 2.35. The first-order valence-electron chi connectivity index (χ1n) is 6.98. The predicted octanol–water partition coefficient (Wildman–Crippen LogP) is 4.84. The monoisotopic (exact) mass is 303 g/mol. The Morgan fingerprint density at radius 1 is 1.16 bits per heavy atom. The minimum absolute atomic E-state index is 0.578. The first-order chi connectivity index (χ1) is 9.13. The molecule has 0 bridgehead atoms. The molecule has 1 heterocycles. The van der Waals surface area contributed by atoms with Crippen LogP contribution in [0.5, 0.6) is 0 Å². The zero-order valence-electron chi connectivity index (χ0n) is 12.0. The van der Waals surface area contributed by atoms with Crippen molar-refractivity contribution in [1.29, 1.82) is 0 Å². The lowest BCUT2D eigenvalue weighted by Crippen LogP contribution is -2.25. The maximum absolute atomic E-state index is 6.27. The van der Waals surface area contributed by atoms with Crippen molar-refractivity contribution in [2.75, 3.05) is 29.9 Å². The molecule has 0 atom stereocenters. The van der Waals surface area contributed by atoms with Crippen molar-refractivity contribution in [1.82, 2.24) is 4.98 Å². The molecule has 0 fully saturated rings. The summed E-state index contributed by atoms with van der Waals surface area (Å²) in [5.41, 5.74) is 0. The zero-order valence-corrected chi connectivity index (χ0v) is 13.5. The van der Waals surface area contributed by atoms with Gasteiger partial charge in [0, 0.05) is 19.6 Å². The molecule has 108 valence electrons. The predicted molar refractivity (Wildman–Crippen MR) is 85.8 cm³/mol. The molecule has 1 aromatic heterocycles. The van der Waals surface area contributed by atoms with Crippen molar-refractivity contribution < 1.29 is 0 Å². The highest BCUT2D eigenvalue weighted by molar-refractivity contribution is 6.37. The molecule has 0 amide bonds. The van der Waals surface area contributed by atoms with Crippen LogP contribution in [0.4, 0.5) is 11.6 Å². The van der Waals surface area contributed by atoms with Crippen LogP contribution in [0.3, 0.4) is 0 Å². The van der Waals surface area contributed by atoms with Gasteiger partial charge in [0.2, 0.25) is 0 Å². The highest BCUT2D eigenvalue weighted by Crippen LogP contribution is 2.31. The highest BCUT2D eigenvalue weighted by atomic mass is 35.5. The molecular weight excluding hydrogens is 281 g/mol. The average Bonchev–Trinajstić information content (AvgIpc) is 2.40. The molecule has 0 aromatic carbocycles. The van der Waals surface area contributed by atoms with Gasteiger partial charge < -0.3 is 10.2 Å². The fourth-order valence-electron chi connectivity index (χ4n) is 1.81. The van der Waals surface area contributed by atoms with Crippen LogP contribution in [0.1, 0.15) is 40.0 Å². The summed E-state index contributed by atoms with van der Waals surface area (Å²) in [5.74, 6) is 1.54. The van der Waals surface area contributed by atoms with Gasteiger partial charge in [0.25, 0.3) is 0 Å². The number of unbranched alkanes of at least 4 members (excludes halogenated alkanes) is 1. The summed E-state index contributed by atoms with van der Waals surface area (Å²) in [6.45, 7) is 9.11. The molecule has 19 heavy (non-hydrogen) atoms. The lowest BCUT2D eigenvalue weighted by molar-refractivity contribution is 0.724. The summed E-state index contributed by atoms with van der Waals surface area (Å²) < 4.78 is 0. The minimum atomic E-state index is 0.578. The van der Waals surface area contributed by atoms with Crippen LogP contribution in [0.25, 0.3) is 0 Å². The van der Waals surface area contributed by atoms with Gasteiger partial charge in [0.05, 0.1) is 10.0 Å². The van der Waals surface area contributed by atoms with E-state index in [-0.39, 0.29) is 0 Å². The van der Waals surface area contributed by atoms with E-state index >= 15 is 0 Å². The van der Waals surface area contributed by atoms with Crippen molar-refractivity contribution in [3.63, 3.8) is 0 Å². The van der Waals surface area contributed by atoms with E-state index in [1.165, 1.54) is 0 Å². The Kier molecular flexibility index (Phi) is 7.32. The molecule has 0 aliphatic heterocycles. The van der Waals surface area contributed by atoms with Crippen molar-refractivity contribution in [3.8, 4) is 0 Å². The molecule has 1 rings (SSSR count). The molecular formula is C14H23Cl2N3. The Labute approximate surface area is 126 Å². The van der Waals surface area contributed by atoms with Crippen molar-refractivity contribution in [2.45, 2.75) is 40.0 Å². The number of nitrogens with one attached hydrogen (secondary N) is 1. The second-order valence-corrected chi connectivity index (χ2v) is 5.30. The van der Waals surface area contributed by atoms with Gasteiger partial charge >= 0.3 is 0 Å². The van der Waals surface area contributed by atoms with Gasteiger partial charge in [0.1, 0.15) is 11.6 Å². The number of nitrogens with zero attached hydrogens (tertiary/aromatic N) is 2. The normalized spacial score (nSPS) is 10.6. The maximum atomic E-state index is 6.27. The van der Waals surface area contributed by atoms with E-state index in [1.54, 1.807) is 6.07 Å². The molecule has 0 unspecified atom stereocenters. The average molecular weight is 304 g/mol. The standard InChI is InChI=1S/C14H23Cl2N3/c1-4-7-9-19(6-3)14-12(16)10-11(15)13(18-14)17-8-5-2/h10H,4-9H2,1-3H3,(H,17,18). The quantitative estimate of drug-likeness (QED) is 0.745. The number of hydrogen-bond donors (Lipinski definition) is 1. The lowest BCUT2D eigenvalue weighted by Gasteiger charge is -2.23. The van der Waals surface area contributed by atoms with Gasteiger partial charge in [-0.25, -0.2) is 4.98 Å². The number of anilines is 2. The van der Waals surface area contributed by atoms with Crippen LogP contribution >= 0.6 is 23.2 Å². The molecule has 5 heteroatoms. The van der Waals surface area contributed by atoms with E-state index in [1.807, 2.05) is 0 Å². The molecule has 1 N–H and O–H groups in total. The zero-order chi connectivity index (χ0) is 14.3. The molecule has 3 nitrogen and oxygen atoms in total. The van der Waals surface area contributed by atoms with Crippen molar-refractivity contribution in [2.24, 2.45) is 0 Å². The Morgan fingerprint density at radius 2 is 1.89 bits per heavy atom. The number of hydrogen-bond acceptors (Lipinski definition) is 3. The van der Waals surface area contributed by atoms with Gasteiger partial charge in [0.15, 0.2) is 0 Å². The number of pyridine rings is 1. The van der Waals surface area contributed by atoms with Gasteiger partial charge in [-0.15, -0.1) is 0 Å². The van der Waals surface area contributed by atoms with Crippen LogP contribution in [0, 0.1) is 0 Å². The van der Waals surface area contributed by atoms with Crippen LogP contribution in [-0.4, -0.2) is 24.6 Å². The van der Waals surface area contributed by atoms with Crippen LogP contribution in [0.15, 0.2) is 6.07 Å². The Hall–Kier alpha value is -0.670. The second kappa shape index (κ2) is 8.49. The van der Waals surface area contributed by atoms with Gasteiger partial charge in [-0.3, -0.25) is 0 Å². The molecule has 0 saturated carbocycles. The molecule has 0 saturated heterocycles. The van der Waals surface area contributed by atoms with E-state index in [0.717, 1.165) is 50.5 Å². The Bertz CT molecular complexity index is 397. The smallest absolute Gasteiger partial charge is 0.149 e. The van der Waals surface area contributed by atoms with Crippen molar-refractivity contribution >= 4 is 34.8 Å². The summed E-state index contributed by atoms with van der Waals surface area (Å²) in [6, 6.07) is 1.78. The van der Waals surface area contributed by atoms with E-state index < -0.39 is 0 Å². The van der Waals surface area contributed by atoms with Gasteiger partial charge in [-0.2, -0.15) is 0 Å². The van der Waals surface area contributed by atoms with Crippen molar-refractivity contribution in [3.05, 3.63) is 16.1 Å². The largest absolute Gasteiger partial charge is 0.369 e. The van der Waals surface area contributed by atoms with Gasteiger partial charge in [-0.1, -0.05) is 43.5 Å². The van der Waals surface area contributed by atoms with E-state index in [9.17, 15) is 0 Å². The molecule has 0 radical (unpaired) electrons. The highest BCUT2D eigenvalue weighted by Gasteiger charge is 2.14. The third-order valence-corrected chi connectivity index (χ3v) is 3.48. The summed E-state index contributed by atoms with van der Waals surface area (Å²) in [5, 5.41) is 4.43. The minimum Gasteiger partial charge on any atom is -0.369 e. The first-order valence-corrected chi connectivity index (χ1v) is 7.74. The lowest BCUT2D eigenvalue weighted by atomic mass is 10.3. The van der Waals surface area contributed by atoms with E-state index in [2.05, 4.69) is 36.0 Å². The molecule has 0 aliphatic rings. The van der Waals surface area contributed by atoms with Gasteiger partial charge in [-0.05, 0) is 25.8 Å². The molecule has 0 aliphatic carbocycles. The number of aromatic nitrogens is 1. The van der Waals surface area contributed by atoms with Crippen LogP contribution in [0.2, 0.25) is 10.0 Å². The van der Waals surface area contributed by atoms with E-state index in [4.69, 9.17) is 23.2 Å². The Morgan fingerprint density at radius 3 is 2.47 bits per heavy atom. The third-order valence-electron chi connectivity index (χ3n) is 2.92. The van der Waals surface area contributed by atoms with E-state index in [0.29, 0.717) is 10.0 Å². The second-order valence-electron chi connectivity index (χ2n) is 4.48. The fraction of sp³-hybridized carbons (Fsp3) is 0.643. The SMILES string of the molecule is CCCCN(CC)c1nc(NCCC)c(Cl)cc1Cl. The summed E-state index contributed by atoms with van der Waals surface area (Å²) in [7, 11) is 0. The van der Waals surface area contributed by atoms with Crippen LogP contribution in [-0.2, 0) is 0 Å².